The van der Waals surface area contributed by atoms with E-state index in [9.17, 15) is 0 Å². The van der Waals surface area contributed by atoms with E-state index in [1.165, 1.54) is 34.6 Å². The summed E-state index contributed by atoms with van der Waals surface area (Å²) >= 11 is 1.87. The number of hydrogen-bond donors (Lipinski definition) is 1. The molecule has 0 amide bonds. The Balaban J connectivity index is 2.43. The van der Waals surface area contributed by atoms with Gasteiger partial charge in [0.25, 0.3) is 0 Å². The molecule has 1 aliphatic carbocycles. The molecule has 0 radical (unpaired) electrons. The molecule has 0 aliphatic heterocycles. The lowest BCUT2D eigenvalue weighted by Crippen LogP contribution is -2.14. The van der Waals surface area contributed by atoms with Gasteiger partial charge in [0.05, 0.1) is 0 Å². The van der Waals surface area contributed by atoms with Gasteiger partial charge in [-0.3, -0.25) is 0 Å². The molecular weight excluding hydrogens is 154 g/mol. The summed E-state index contributed by atoms with van der Waals surface area (Å²) in [5.74, 6) is 0. The topological polar surface area (TPSA) is 26.0 Å². The van der Waals surface area contributed by atoms with Gasteiger partial charge in [-0.05, 0) is 37.8 Å². The van der Waals surface area contributed by atoms with Crippen molar-refractivity contribution in [2.45, 2.75) is 32.2 Å². The Bertz CT molecular complexity index is 265. The molecule has 1 aliphatic rings. The molecule has 1 nitrogen and oxygen atoms in total. The number of fused-ring (bicyclic) bond motifs is 1. The Labute approximate surface area is 71.2 Å². The van der Waals surface area contributed by atoms with E-state index in [0.717, 1.165) is 0 Å². The van der Waals surface area contributed by atoms with Crippen LogP contribution in [0.2, 0.25) is 0 Å². The van der Waals surface area contributed by atoms with Crippen molar-refractivity contribution < 1.29 is 0 Å². The molecule has 2 N–H and O–H groups in total. The van der Waals surface area contributed by atoms with E-state index in [2.05, 4.69) is 13.0 Å². The molecule has 1 heterocycles. The van der Waals surface area contributed by atoms with Crippen molar-refractivity contribution >= 4 is 11.3 Å². The predicted octanol–water partition coefficient (Wildman–Crippen LogP) is 2.39. The number of nitrogens with two attached hydrogens (primary N) is 1. The SMILES string of the molecule is Cc1cc2c(s1)C(N)CCC2. The smallest absolute Gasteiger partial charge is 0.0392 e. The van der Waals surface area contributed by atoms with Gasteiger partial charge in [-0.1, -0.05) is 0 Å². The van der Waals surface area contributed by atoms with Gasteiger partial charge in [-0.25, -0.2) is 0 Å². The molecule has 60 valence electrons. The third-order valence-corrected chi connectivity index (χ3v) is 3.49. The maximum absolute atomic E-state index is 5.97. The fourth-order valence-corrected chi connectivity index (χ4v) is 2.85. The van der Waals surface area contributed by atoms with Crippen molar-refractivity contribution in [1.29, 1.82) is 0 Å². The maximum atomic E-state index is 5.97. The molecule has 0 fully saturated rings. The number of aryl methyl sites for hydroxylation is 2. The van der Waals surface area contributed by atoms with Crippen LogP contribution in [0.1, 0.15) is 34.2 Å². The van der Waals surface area contributed by atoms with Crippen molar-refractivity contribution in [3.05, 3.63) is 21.4 Å². The van der Waals surface area contributed by atoms with E-state index in [1.807, 2.05) is 11.3 Å². The minimum absolute atomic E-state index is 0.331. The summed E-state index contributed by atoms with van der Waals surface area (Å²) in [7, 11) is 0. The van der Waals surface area contributed by atoms with Gasteiger partial charge < -0.3 is 5.73 Å². The zero-order valence-electron chi connectivity index (χ0n) is 6.76. The Morgan fingerprint density at radius 1 is 1.64 bits per heavy atom. The maximum Gasteiger partial charge on any atom is 0.0392 e. The molecule has 1 unspecified atom stereocenters. The second kappa shape index (κ2) is 2.61. The molecule has 0 spiro atoms. The Hall–Kier alpha value is -0.340. The highest BCUT2D eigenvalue weighted by atomic mass is 32.1. The molecule has 11 heavy (non-hydrogen) atoms. The van der Waals surface area contributed by atoms with Gasteiger partial charge >= 0.3 is 0 Å². The van der Waals surface area contributed by atoms with Crippen LogP contribution in [0.3, 0.4) is 0 Å². The van der Waals surface area contributed by atoms with E-state index >= 15 is 0 Å². The van der Waals surface area contributed by atoms with Gasteiger partial charge in [0.15, 0.2) is 0 Å². The van der Waals surface area contributed by atoms with Crippen LogP contribution in [0.15, 0.2) is 6.07 Å². The van der Waals surface area contributed by atoms with Gasteiger partial charge in [0.2, 0.25) is 0 Å². The summed E-state index contributed by atoms with van der Waals surface area (Å²) in [6.07, 6.45) is 3.69. The van der Waals surface area contributed by atoms with E-state index in [-0.39, 0.29) is 0 Å². The van der Waals surface area contributed by atoms with Crippen molar-refractivity contribution in [3.63, 3.8) is 0 Å². The average Bonchev–Trinajstić information content (AvgIpc) is 2.31. The first kappa shape index (κ1) is 7.32. The van der Waals surface area contributed by atoms with E-state index < -0.39 is 0 Å². The predicted molar refractivity (Wildman–Crippen MR) is 48.9 cm³/mol. The van der Waals surface area contributed by atoms with Crippen molar-refractivity contribution in [2.75, 3.05) is 0 Å². The fraction of sp³-hybridized carbons (Fsp3) is 0.556. The van der Waals surface area contributed by atoms with Crippen LogP contribution in [0, 0.1) is 6.92 Å². The van der Waals surface area contributed by atoms with E-state index in [0.29, 0.717) is 6.04 Å². The van der Waals surface area contributed by atoms with Crippen molar-refractivity contribution in [2.24, 2.45) is 5.73 Å². The van der Waals surface area contributed by atoms with E-state index in [4.69, 9.17) is 5.73 Å². The molecule has 0 saturated carbocycles. The zero-order chi connectivity index (χ0) is 7.84. The monoisotopic (exact) mass is 167 g/mol. The van der Waals surface area contributed by atoms with Crippen LogP contribution in [-0.4, -0.2) is 0 Å². The minimum atomic E-state index is 0.331. The van der Waals surface area contributed by atoms with Gasteiger partial charge in [0, 0.05) is 15.8 Å². The van der Waals surface area contributed by atoms with Crippen LogP contribution < -0.4 is 5.73 Å². The lowest BCUT2D eigenvalue weighted by molar-refractivity contribution is 0.582. The molecule has 1 aromatic heterocycles. The normalized spacial score (nSPS) is 23.3. The van der Waals surface area contributed by atoms with Crippen molar-refractivity contribution in [1.82, 2.24) is 0 Å². The Morgan fingerprint density at radius 2 is 2.45 bits per heavy atom. The summed E-state index contributed by atoms with van der Waals surface area (Å²) in [5, 5.41) is 0. The highest BCUT2D eigenvalue weighted by Crippen LogP contribution is 2.34. The summed E-state index contributed by atoms with van der Waals surface area (Å²) < 4.78 is 0. The first-order valence-electron chi connectivity index (χ1n) is 4.12. The molecular formula is C9H13NS. The minimum Gasteiger partial charge on any atom is -0.323 e. The van der Waals surface area contributed by atoms with Gasteiger partial charge in [-0.15, -0.1) is 11.3 Å². The quantitative estimate of drug-likeness (QED) is 0.631. The Morgan fingerprint density at radius 3 is 3.18 bits per heavy atom. The Kier molecular flexibility index (Phi) is 1.74. The number of rotatable bonds is 0. The van der Waals surface area contributed by atoms with Crippen LogP contribution >= 0.6 is 11.3 Å². The third-order valence-electron chi connectivity index (χ3n) is 2.26. The molecule has 0 aromatic carbocycles. The summed E-state index contributed by atoms with van der Waals surface area (Å²) in [4.78, 5) is 2.85. The van der Waals surface area contributed by atoms with Crippen LogP contribution in [0.5, 0.6) is 0 Å². The highest BCUT2D eigenvalue weighted by molar-refractivity contribution is 7.12. The van der Waals surface area contributed by atoms with E-state index in [1.54, 1.807) is 0 Å². The molecule has 2 heteroatoms. The fourth-order valence-electron chi connectivity index (χ4n) is 1.74. The lowest BCUT2D eigenvalue weighted by atomic mass is 9.95. The first-order chi connectivity index (χ1) is 5.27. The van der Waals surface area contributed by atoms with Crippen LogP contribution in [0.4, 0.5) is 0 Å². The van der Waals surface area contributed by atoms with Crippen LogP contribution in [0.25, 0.3) is 0 Å². The molecule has 1 aromatic rings. The standard InChI is InChI=1S/C9H13NS/c1-6-5-7-3-2-4-8(10)9(7)11-6/h5,8H,2-4,10H2,1H3. The van der Waals surface area contributed by atoms with Crippen LogP contribution in [-0.2, 0) is 6.42 Å². The second-order valence-corrected chi connectivity index (χ2v) is 4.53. The summed E-state index contributed by atoms with van der Waals surface area (Å²) in [6, 6.07) is 2.62. The molecule has 0 bridgehead atoms. The second-order valence-electron chi connectivity index (χ2n) is 3.25. The van der Waals surface area contributed by atoms with Crippen molar-refractivity contribution in [3.8, 4) is 0 Å². The first-order valence-corrected chi connectivity index (χ1v) is 4.94. The lowest BCUT2D eigenvalue weighted by Gasteiger charge is -2.17. The highest BCUT2D eigenvalue weighted by Gasteiger charge is 2.18. The number of thiophene rings is 1. The average molecular weight is 167 g/mol. The van der Waals surface area contributed by atoms with Gasteiger partial charge in [0.1, 0.15) is 0 Å². The third kappa shape index (κ3) is 1.21. The number of hydrogen-bond acceptors (Lipinski definition) is 2. The largest absolute Gasteiger partial charge is 0.323 e. The molecule has 0 saturated heterocycles. The zero-order valence-corrected chi connectivity index (χ0v) is 7.58. The molecule has 1 atom stereocenters. The summed E-state index contributed by atoms with van der Waals surface area (Å²) in [6.45, 7) is 2.16. The molecule has 2 rings (SSSR count). The summed E-state index contributed by atoms with van der Waals surface area (Å²) in [5.41, 5.74) is 7.48. The van der Waals surface area contributed by atoms with Gasteiger partial charge in [-0.2, -0.15) is 0 Å².